The van der Waals surface area contributed by atoms with E-state index in [9.17, 15) is 14.0 Å². The lowest BCUT2D eigenvalue weighted by molar-refractivity contribution is -0.139. The molecule has 1 rings (SSSR count). The molecule has 0 saturated carbocycles. The molecule has 0 aromatic heterocycles. The number of carbonyl (C=O) groups excluding carboxylic acids is 2. The molecule has 0 bridgehead atoms. The fourth-order valence-electron chi connectivity index (χ4n) is 1.26. The van der Waals surface area contributed by atoms with Gasteiger partial charge in [-0.15, -0.1) is 0 Å². The molecule has 0 aliphatic rings. The maximum absolute atomic E-state index is 13.4. The summed E-state index contributed by atoms with van der Waals surface area (Å²) in [4.78, 5) is 22.7. The summed E-state index contributed by atoms with van der Waals surface area (Å²) >= 11 is 11.5. The molecular weight excluding hydrogens is 286 g/mol. The lowest BCUT2D eigenvalue weighted by Crippen LogP contribution is -2.11. The lowest BCUT2D eigenvalue weighted by Gasteiger charge is -2.10. The van der Waals surface area contributed by atoms with E-state index in [0.717, 1.165) is 13.2 Å². The molecule has 0 heterocycles. The van der Waals surface area contributed by atoms with E-state index in [4.69, 9.17) is 27.9 Å². The Morgan fingerprint density at radius 2 is 1.89 bits per heavy atom. The van der Waals surface area contributed by atoms with Gasteiger partial charge in [0, 0.05) is 5.56 Å². The molecule has 0 atom stereocenters. The van der Waals surface area contributed by atoms with E-state index < -0.39 is 24.0 Å². The van der Waals surface area contributed by atoms with Crippen molar-refractivity contribution in [3.8, 4) is 5.75 Å². The summed E-state index contributed by atoms with van der Waals surface area (Å²) in [5.74, 6) is -2.43. The summed E-state index contributed by atoms with van der Waals surface area (Å²) in [6, 6.07) is 0.860. The number of halogens is 3. The first-order valence-electron chi connectivity index (χ1n) is 4.73. The molecule has 1 aromatic carbocycles. The minimum Gasteiger partial charge on any atom is -0.493 e. The molecule has 7 heteroatoms. The minimum atomic E-state index is -0.855. The van der Waals surface area contributed by atoms with Gasteiger partial charge in [-0.2, -0.15) is 0 Å². The Balaban J connectivity index is 3.21. The maximum Gasteiger partial charge on any atom is 0.313 e. The Morgan fingerprint density at radius 3 is 2.39 bits per heavy atom. The summed E-state index contributed by atoms with van der Waals surface area (Å²) in [6.45, 7) is 0. The molecule has 1 aromatic rings. The molecule has 98 valence electrons. The van der Waals surface area contributed by atoms with Gasteiger partial charge >= 0.3 is 5.97 Å². The molecular formula is C11H9Cl2FO4. The summed E-state index contributed by atoms with van der Waals surface area (Å²) in [6.07, 6.45) is -0.541. The van der Waals surface area contributed by atoms with Crippen LogP contribution in [0, 0.1) is 5.82 Å². The number of carbonyl (C=O) groups is 2. The second-order valence-electron chi connectivity index (χ2n) is 3.24. The van der Waals surface area contributed by atoms with Crippen molar-refractivity contribution in [2.24, 2.45) is 0 Å². The van der Waals surface area contributed by atoms with Gasteiger partial charge in [0.25, 0.3) is 0 Å². The third kappa shape index (κ3) is 2.91. The Bertz CT molecular complexity index is 502. The van der Waals surface area contributed by atoms with Crippen LogP contribution in [0.3, 0.4) is 0 Å². The highest BCUT2D eigenvalue weighted by molar-refractivity contribution is 6.39. The highest BCUT2D eigenvalue weighted by Crippen LogP contribution is 2.37. The van der Waals surface area contributed by atoms with E-state index in [0.29, 0.717) is 0 Å². The Morgan fingerprint density at radius 1 is 1.28 bits per heavy atom. The van der Waals surface area contributed by atoms with E-state index in [-0.39, 0.29) is 21.4 Å². The Kier molecular flexibility index (Phi) is 4.93. The number of hydrogen-bond acceptors (Lipinski definition) is 4. The number of hydrogen-bond donors (Lipinski definition) is 0. The number of rotatable bonds is 4. The molecule has 0 saturated heterocycles. The first-order chi connectivity index (χ1) is 8.42. The smallest absolute Gasteiger partial charge is 0.313 e. The summed E-state index contributed by atoms with van der Waals surface area (Å²) in [7, 11) is 2.38. The van der Waals surface area contributed by atoms with Gasteiger partial charge in [0.1, 0.15) is 17.3 Å². The molecule has 0 spiro atoms. The molecule has 0 aliphatic carbocycles. The van der Waals surface area contributed by atoms with Crippen molar-refractivity contribution in [3.05, 3.63) is 27.5 Å². The third-order valence-electron chi connectivity index (χ3n) is 2.15. The number of Topliss-reactive ketones (excluding diaryl/α,β-unsaturated/α-hetero) is 1. The molecule has 0 fully saturated rings. The van der Waals surface area contributed by atoms with Crippen molar-refractivity contribution in [1.82, 2.24) is 0 Å². The zero-order valence-electron chi connectivity index (χ0n) is 9.55. The quantitative estimate of drug-likeness (QED) is 0.371. The predicted molar refractivity (Wildman–Crippen MR) is 63.9 cm³/mol. The number of methoxy groups -OCH3 is 2. The average molecular weight is 295 g/mol. The van der Waals surface area contributed by atoms with E-state index in [1.54, 1.807) is 0 Å². The zero-order valence-corrected chi connectivity index (χ0v) is 11.1. The molecule has 0 aliphatic heterocycles. The largest absolute Gasteiger partial charge is 0.493 e. The van der Waals surface area contributed by atoms with Crippen LogP contribution in [0.5, 0.6) is 5.75 Å². The van der Waals surface area contributed by atoms with Crippen molar-refractivity contribution in [3.63, 3.8) is 0 Å². The monoisotopic (exact) mass is 294 g/mol. The fourth-order valence-corrected chi connectivity index (χ4v) is 1.87. The topological polar surface area (TPSA) is 52.6 Å². The number of ether oxygens (including phenoxy) is 2. The van der Waals surface area contributed by atoms with Gasteiger partial charge in [-0.3, -0.25) is 9.59 Å². The lowest BCUT2D eigenvalue weighted by atomic mass is 10.1. The fraction of sp³-hybridized carbons (Fsp3) is 0.273. The van der Waals surface area contributed by atoms with Crippen LogP contribution in [0.25, 0.3) is 0 Å². The van der Waals surface area contributed by atoms with E-state index in [1.807, 2.05) is 0 Å². The van der Waals surface area contributed by atoms with Crippen LogP contribution in [0.4, 0.5) is 4.39 Å². The van der Waals surface area contributed by atoms with Crippen molar-refractivity contribution in [2.75, 3.05) is 14.2 Å². The number of ketones is 1. The predicted octanol–water partition coefficient (Wildman–Crippen LogP) is 2.89. The van der Waals surface area contributed by atoms with Crippen LogP contribution in [-0.2, 0) is 9.53 Å². The molecule has 0 unspecified atom stereocenters. The van der Waals surface area contributed by atoms with E-state index in [1.165, 1.54) is 7.11 Å². The summed E-state index contributed by atoms with van der Waals surface area (Å²) < 4.78 is 22.6. The van der Waals surface area contributed by atoms with Gasteiger partial charge in [-0.1, -0.05) is 23.2 Å². The van der Waals surface area contributed by atoms with Crippen LogP contribution in [0.2, 0.25) is 10.0 Å². The average Bonchev–Trinajstić information content (AvgIpc) is 2.34. The van der Waals surface area contributed by atoms with Crippen molar-refractivity contribution in [1.29, 1.82) is 0 Å². The third-order valence-corrected chi connectivity index (χ3v) is 2.88. The first kappa shape index (κ1) is 14.7. The molecule has 0 amide bonds. The SMILES string of the molecule is COC(=O)CC(=O)c1cc(F)c(Cl)c(OC)c1Cl. The van der Waals surface area contributed by atoms with Crippen LogP contribution in [0.1, 0.15) is 16.8 Å². The van der Waals surface area contributed by atoms with Crippen LogP contribution in [0.15, 0.2) is 6.07 Å². The van der Waals surface area contributed by atoms with E-state index in [2.05, 4.69) is 4.74 Å². The van der Waals surface area contributed by atoms with Crippen molar-refractivity contribution < 1.29 is 23.5 Å². The number of benzene rings is 1. The van der Waals surface area contributed by atoms with Gasteiger partial charge in [0.15, 0.2) is 11.5 Å². The standard InChI is InChI=1S/C11H9Cl2FO4/c1-17-8(16)4-7(15)5-3-6(14)10(13)11(18-2)9(5)12/h3H,4H2,1-2H3. The Labute approximate surface area is 113 Å². The van der Waals surface area contributed by atoms with Crippen LogP contribution < -0.4 is 4.74 Å². The van der Waals surface area contributed by atoms with Gasteiger partial charge in [0.2, 0.25) is 0 Å². The number of esters is 1. The summed E-state index contributed by atoms with van der Waals surface area (Å²) in [5.41, 5.74) is -0.180. The Hall–Kier alpha value is -1.33. The maximum atomic E-state index is 13.4. The van der Waals surface area contributed by atoms with E-state index >= 15 is 0 Å². The molecule has 0 N–H and O–H groups in total. The second-order valence-corrected chi connectivity index (χ2v) is 4.00. The van der Waals surface area contributed by atoms with Crippen molar-refractivity contribution in [2.45, 2.75) is 6.42 Å². The van der Waals surface area contributed by atoms with Gasteiger partial charge in [-0.25, -0.2) is 4.39 Å². The first-order valence-corrected chi connectivity index (χ1v) is 5.49. The normalized spacial score (nSPS) is 10.1. The van der Waals surface area contributed by atoms with Gasteiger partial charge in [0.05, 0.1) is 19.2 Å². The second kappa shape index (κ2) is 6.02. The van der Waals surface area contributed by atoms with Crippen LogP contribution in [-0.4, -0.2) is 26.0 Å². The van der Waals surface area contributed by atoms with Crippen molar-refractivity contribution >= 4 is 35.0 Å². The van der Waals surface area contributed by atoms with Gasteiger partial charge < -0.3 is 9.47 Å². The highest BCUT2D eigenvalue weighted by Gasteiger charge is 2.22. The minimum absolute atomic E-state index is 0.141. The highest BCUT2D eigenvalue weighted by atomic mass is 35.5. The molecule has 18 heavy (non-hydrogen) atoms. The molecule has 0 radical (unpaired) electrons. The summed E-state index contributed by atoms with van der Waals surface area (Å²) in [5, 5.41) is -0.463. The molecule has 4 nitrogen and oxygen atoms in total. The zero-order chi connectivity index (χ0) is 13.9. The van der Waals surface area contributed by atoms with Gasteiger partial charge in [-0.05, 0) is 6.07 Å². The van der Waals surface area contributed by atoms with Crippen LogP contribution >= 0.6 is 23.2 Å².